The summed E-state index contributed by atoms with van der Waals surface area (Å²) >= 11 is 0. The molecule has 0 unspecified atom stereocenters. The summed E-state index contributed by atoms with van der Waals surface area (Å²) in [6, 6.07) is 3.98. The Morgan fingerprint density at radius 1 is 1.22 bits per heavy atom. The van der Waals surface area contributed by atoms with E-state index in [2.05, 4.69) is 15.0 Å². The van der Waals surface area contributed by atoms with Crippen LogP contribution in [0.1, 0.15) is 19.8 Å². The number of likely N-dealkylation sites (tertiary alicyclic amines) is 1. The molecule has 1 fully saturated rings. The topological polar surface area (TPSA) is 82.4 Å². The lowest BCUT2D eigenvalue weighted by atomic mass is 10.1. The predicted molar refractivity (Wildman–Crippen MR) is 98.9 cm³/mol. The molecule has 8 nitrogen and oxygen atoms in total. The normalized spacial score (nSPS) is 15.1. The zero-order valence-electron chi connectivity index (χ0n) is 15.1. The standard InChI is InChI=1S/C19H21N5O3/c1-2-26-19(25)23-6-4-16(5-7-23)27-17-9-14-3-8-24(18(14)22-12-17)15-10-20-13-21-11-15/h3,8-13,16H,2,4-7H2,1H3. The maximum absolute atomic E-state index is 11.8. The van der Waals surface area contributed by atoms with Gasteiger partial charge in [0.15, 0.2) is 0 Å². The van der Waals surface area contributed by atoms with Crippen LogP contribution in [0.5, 0.6) is 5.75 Å². The van der Waals surface area contributed by atoms with E-state index in [0.29, 0.717) is 19.7 Å². The average molecular weight is 367 g/mol. The van der Waals surface area contributed by atoms with Crippen molar-refractivity contribution in [1.82, 2.24) is 24.4 Å². The second-order valence-electron chi connectivity index (χ2n) is 6.37. The minimum atomic E-state index is -0.245. The number of aromatic nitrogens is 4. The Morgan fingerprint density at radius 3 is 2.74 bits per heavy atom. The van der Waals surface area contributed by atoms with Crippen molar-refractivity contribution in [3.05, 3.63) is 43.2 Å². The Labute approximate surface area is 156 Å². The van der Waals surface area contributed by atoms with Crippen molar-refractivity contribution < 1.29 is 14.3 Å². The molecule has 0 saturated carbocycles. The fourth-order valence-corrected chi connectivity index (χ4v) is 3.26. The number of piperidine rings is 1. The van der Waals surface area contributed by atoms with Gasteiger partial charge in [0.2, 0.25) is 0 Å². The van der Waals surface area contributed by atoms with Crippen molar-refractivity contribution in [2.24, 2.45) is 0 Å². The summed E-state index contributed by atoms with van der Waals surface area (Å²) in [5, 5.41) is 0.986. The van der Waals surface area contributed by atoms with Crippen LogP contribution in [0.3, 0.4) is 0 Å². The molecule has 8 heteroatoms. The number of hydrogen-bond donors (Lipinski definition) is 0. The molecular weight excluding hydrogens is 346 g/mol. The molecule has 0 N–H and O–H groups in total. The van der Waals surface area contributed by atoms with E-state index in [0.717, 1.165) is 35.3 Å². The van der Waals surface area contributed by atoms with E-state index in [1.165, 1.54) is 6.33 Å². The summed E-state index contributed by atoms with van der Waals surface area (Å²) in [7, 11) is 0. The van der Waals surface area contributed by atoms with E-state index in [4.69, 9.17) is 9.47 Å². The van der Waals surface area contributed by atoms with Gasteiger partial charge in [-0.05, 0) is 19.1 Å². The second kappa shape index (κ2) is 7.61. The SMILES string of the molecule is CCOC(=O)N1CCC(Oc2cnc3c(ccn3-c3cncnc3)c2)CC1. The van der Waals surface area contributed by atoms with Gasteiger partial charge in [0.1, 0.15) is 23.8 Å². The van der Waals surface area contributed by atoms with Crippen molar-refractivity contribution in [2.45, 2.75) is 25.9 Å². The van der Waals surface area contributed by atoms with Crippen LogP contribution >= 0.6 is 0 Å². The molecule has 3 aromatic rings. The van der Waals surface area contributed by atoms with Crippen LogP contribution in [-0.4, -0.2) is 56.3 Å². The van der Waals surface area contributed by atoms with Gasteiger partial charge in [-0.2, -0.15) is 0 Å². The number of nitrogens with zero attached hydrogens (tertiary/aromatic N) is 5. The molecule has 1 aliphatic rings. The third kappa shape index (κ3) is 3.69. The number of rotatable bonds is 4. The zero-order chi connectivity index (χ0) is 18.6. The van der Waals surface area contributed by atoms with E-state index >= 15 is 0 Å². The van der Waals surface area contributed by atoms with E-state index < -0.39 is 0 Å². The van der Waals surface area contributed by atoms with Gasteiger partial charge in [-0.1, -0.05) is 0 Å². The third-order valence-electron chi connectivity index (χ3n) is 4.60. The molecular formula is C19H21N5O3. The molecule has 1 saturated heterocycles. The number of hydrogen-bond acceptors (Lipinski definition) is 6. The Morgan fingerprint density at radius 2 is 2.00 bits per heavy atom. The van der Waals surface area contributed by atoms with Crippen LogP contribution < -0.4 is 4.74 Å². The Hall–Kier alpha value is -3.16. The maximum atomic E-state index is 11.8. The maximum Gasteiger partial charge on any atom is 0.409 e. The van der Waals surface area contributed by atoms with Gasteiger partial charge >= 0.3 is 6.09 Å². The first-order chi connectivity index (χ1) is 13.2. The Bertz CT molecular complexity index is 919. The smallest absolute Gasteiger partial charge is 0.409 e. The van der Waals surface area contributed by atoms with E-state index in [9.17, 15) is 4.79 Å². The number of pyridine rings is 1. The highest BCUT2D eigenvalue weighted by atomic mass is 16.6. The lowest BCUT2D eigenvalue weighted by Crippen LogP contribution is -2.42. The molecule has 3 aromatic heterocycles. The number of amides is 1. The van der Waals surface area contributed by atoms with Crippen molar-refractivity contribution in [1.29, 1.82) is 0 Å². The van der Waals surface area contributed by atoms with E-state index in [1.54, 1.807) is 23.5 Å². The molecule has 4 heterocycles. The Balaban J connectivity index is 1.43. The number of ether oxygens (including phenoxy) is 2. The fourth-order valence-electron chi connectivity index (χ4n) is 3.26. The molecule has 0 radical (unpaired) electrons. The molecule has 0 aromatic carbocycles. The van der Waals surface area contributed by atoms with Crippen LogP contribution in [-0.2, 0) is 4.74 Å². The fraction of sp³-hybridized carbons (Fsp3) is 0.368. The van der Waals surface area contributed by atoms with Crippen molar-refractivity contribution in [3.63, 3.8) is 0 Å². The highest BCUT2D eigenvalue weighted by molar-refractivity contribution is 5.79. The van der Waals surface area contributed by atoms with Crippen molar-refractivity contribution >= 4 is 17.1 Å². The zero-order valence-corrected chi connectivity index (χ0v) is 15.1. The molecule has 0 spiro atoms. The van der Waals surface area contributed by atoms with E-state index in [1.807, 2.05) is 29.8 Å². The van der Waals surface area contributed by atoms with Crippen LogP contribution in [0.4, 0.5) is 4.79 Å². The molecule has 0 bridgehead atoms. The summed E-state index contributed by atoms with van der Waals surface area (Å²) in [5.74, 6) is 0.735. The summed E-state index contributed by atoms with van der Waals surface area (Å²) < 4.78 is 13.1. The third-order valence-corrected chi connectivity index (χ3v) is 4.60. The van der Waals surface area contributed by atoms with Gasteiger partial charge in [0, 0.05) is 37.5 Å². The number of carbonyl (C=O) groups excluding carboxylic acids is 1. The quantitative estimate of drug-likeness (QED) is 0.705. The largest absolute Gasteiger partial charge is 0.489 e. The van der Waals surface area contributed by atoms with Crippen LogP contribution in [0.25, 0.3) is 16.7 Å². The predicted octanol–water partition coefficient (Wildman–Crippen LogP) is 2.82. The highest BCUT2D eigenvalue weighted by Crippen LogP contribution is 2.24. The van der Waals surface area contributed by atoms with Gasteiger partial charge in [-0.25, -0.2) is 19.7 Å². The monoisotopic (exact) mass is 367 g/mol. The summed E-state index contributed by atoms with van der Waals surface area (Å²) in [5.41, 5.74) is 1.69. The van der Waals surface area contributed by atoms with Crippen LogP contribution in [0.2, 0.25) is 0 Å². The van der Waals surface area contributed by atoms with Crippen LogP contribution in [0.15, 0.2) is 43.2 Å². The van der Waals surface area contributed by atoms with Gasteiger partial charge in [-0.3, -0.25) is 4.57 Å². The van der Waals surface area contributed by atoms with Gasteiger partial charge < -0.3 is 14.4 Å². The highest BCUT2D eigenvalue weighted by Gasteiger charge is 2.24. The molecule has 0 atom stereocenters. The van der Waals surface area contributed by atoms with Crippen molar-refractivity contribution in [3.8, 4) is 11.4 Å². The number of fused-ring (bicyclic) bond motifs is 1. The number of carbonyl (C=O) groups is 1. The summed E-state index contributed by atoms with van der Waals surface area (Å²) in [6.07, 6.45) is 10.1. The molecule has 4 rings (SSSR count). The first-order valence-electron chi connectivity index (χ1n) is 9.05. The average Bonchev–Trinajstić information content (AvgIpc) is 3.13. The molecule has 0 aliphatic carbocycles. The van der Waals surface area contributed by atoms with Crippen LogP contribution in [0, 0.1) is 0 Å². The van der Waals surface area contributed by atoms with Crippen molar-refractivity contribution in [2.75, 3.05) is 19.7 Å². The lowest BCUT2D eigenvalue weighted by molar-refractivity contribution is 0.0703. The molecule has 140 valence electrons. The first kappa shape index (κ1) is 17.3. The second-order valence-corrected chi connectivity index (χ2v) is 6.37. The van der Waals surface area contributed by atoms with E-state index in [-0.39, 0.29) is 12.2 Å². The molecule has 27 heavy (non-hydrogen) atoms. The molecule has 1 amide bonds. The molecule has 1 aliphatic heterocycles. The van der Waals surface area contributed by atoms with Gasteiger partial charge in [-0.15, -0.1) is 0 Å². The van der Waals surface area contributed by atoms with Gasteiger partial charge in [0.25, 0.3) is 0 Å². The Kier molecular flexibility index (Phi) is 4.86. The first-order valence-corrected chi connectivity index (χ1v) is 9.05. The minimum Gasteiger partial charge on any atom is -0.489 e. The minimum absolute atomic E-state index is 0.0690. The summed E-state index contributed by atoms with van der Waals surface area (Å²) in [4.78, 5) is 26.2. The lowest BCUT2D eigenvalue weighted by Gasteiger charge is -2.31. The van der Waals surface area contributed by atoms with Gasteiger partial charge in [0.05, 0.1) is 30.9 Å². The summed E-state index contributed by atoms with van der Waals surface area (Å²) in [6.45, 7) is 3.50.